The number of rotatable bonds is 6. The van der Waals surface area contributed by atoms with Gasteiger partial charge in [-0.1, -0.05) is 31.2 Å². The van der Waals surface area contributed by atoms with Crippen molar-refractivity contribution < 1.29 is 9.53 Å². The number of aryl methyl sites for hydroxylation is 2. The van der Waals surface area contributed by atoms with Gasteiger partial charge in [0.1, 0.15) is 18.1 Å². The van der Waals surface area contributed by atoms with Crippen LogP contribution < -0.4 is 10.1 Å². The number of benzene rings is 2. The molecule has 0 aliphatic carbocycles. The number of nitrogens with zero attached hydrogens (tertiary/aromatic N) is 2. The van der Waals surface area contributed by atoms with Gasteiger partial charge in [-0.3, -0.25) is 4.79 Å². The van der Waals surface area contributed by atoms with Crippen molar-refractivity contribution in [2.45, 2.75) is 26.9 Å². The molecule has 0 unspecified atom stereocenters. The highest BCUT2D eigenvalue weighted by Gasteiger charge is 2.10. The monoisotopic (exact) mass is 353 g/mol. The van der Waals surface area contributed by atoms with Crippen LogP contribution in [0.25, 0.3) is 0 Å². The van der Waals surface area contributed by atoms with Gasteiger partial charge in [-0.15, -0.1) is 0 Å². The van der Waals surface area contributed by atoms with E-state index in [4.69, 9.17) is 4.74 Å². The number of para-hydroxylation sites is 1. The van der Waals surface area contributed by atoms with Crippen molar-refractivity contribution in [3.05, 3.63) is 71.0 Å². The van der Waals surface area contributed by atoms with E-state index in [-0.39, 0.29) is 5.91 Å². The molecule has 5 nitrogen and oxygen atoms in total. The van der Waals surface area contributed by atoms with E-state index in [1.165, 1.54) is 11.7 Å². The number of ether oxygens (including phenoxy) is 1. The molecule has 3 rings (SSSR count). The molecule has 6 heteroatoms. The minimum atomic E-state index is -0.155. The molecule has 0 aliphatic heterocycles. The molecule has 128 valence electrons. The first-order chi connectivity index (χ1) is 12.2. The van der Waals surface area contributed by atoms with Gasteiger partial charge in [0.15, 0.2) is 0 Å². The number of amides is 1. The second kappa shape index (κ2) is 7.90. The Labute approximate surface area is 151 Å². The standard InChI is InChI=1S/C19H19N3O2S/c1-3-14-7-4-5-10-17(14)20-19(23)15-8-6-9-16(11-15)24-12-18-13(2)21-25-22-18/h4-11H,3,12H2,1-2H3,(H,20,23). The van der Waals surface area contributed by atoms with Gasteiger partial charge in [0, 0.05) is 11.3 Å². The normalized spacial score (nSPS) is 10.5. The molecule has 0 bridgehead atoms. The van der Waals surface area contributed by atoms with E-state index in [9.17, 15) is 4.79 Å². The highest BCUT2D eigenvalue weighted by Crippen LogP contribution is 2.19. The van der Waals surface area contributed by atoms with Crippen molar-refractivity contribution in [1.82, 2.24) is 8.75 Å². The Bertz CT molecular complexity index is 876. The first-order valence-electron chi connectivity index (χ1n) is 8.07. The van der Waals surface area contributed by atoms with Crippen LogP contribution in [0.3, 0.4) is 0 Å². The van der Waals surface area contributed by atoms with Crippen molar-refractivity contribution in [1.29, 1.82) is 0 Å². The maximum absolute atomic E-state index is 12.5. The Morgan fingerprint density at radius 1 is 1.16 bits per heavy atom. The van der Waals surface area contributed by atoms with E-state index < -0.39 is 0 Å². The third-order valence-corrected chi connectivity index (χ3v) is 4.52. The number of carbonyl (C=O) groups excluding carboxylic acids is 1. The van der Waals surface area contributed by atoms with Crippen molar-refractivity contribution in [3.8, 4) is 5.75 Å². The van der Waals surface area contributed by atoms with Crippen LogP contribution in [-0.2, 0) is 13.0 Å². The summed E-state index contributed by atoms with van der Waals surface area (Å²) in [5.74, 6) is 0.474. The van der Waals surface area contributed by atoms with E-state index in [2.05, 4.69) is 21.0 Å². The third-order valence-electron chi connectivity index (χ3n) is 3.86. The number of hydrogen-bond acceptors (Lipinski definition) is 5. The molecule has 1 aromatic heterocycles. The van der Waals surface area contributed by atoms with Crippen molar-refractivity contribution in [2.75, 3.05) is 5.32 Å². The smallest absolute Gasteiger partial charge is 0.255 e. The predicted octanol–water partition coefficient (Wildman–Crippen LogP) is 4.24. The fourth-order valence-corrected chi connectivity index (χ4v) is 2.96. The Balaban J connectivity index is 1.70. The largest absolute Gasteiger partial charge is 0.487 e. The lowest BCUT2D eigenvalue weighted by molar-refractivity contribution is 0.102. The number of hydrogen-bond donors (Lipinski definition) is 1. The molecule has 25 heavy (non-hydrogen) atoms. The molecule has 1 N–H and O–H groups in total. The highest BCUT2D eigenvalue weighted by molar-refractivity contribution is 6.99. The van der Waals surface area contributed by atoms with Gasteiger partial charge in [-0.25, -0.2) is 0 Å². The maximum atomic E-state index is 12.5. The summed E-state index contributed by atoms with van der Waals surface area (Å²) < 4.78 is 14.1. The maximum Gasteiger partial charge on any atom is 0.255 e. The summed E-state index contributed by atoms with van der Waals surface area (Å²) in [6, 6.07) is 14.9. The summed E-state index contributed by atoms with van der Waals surface area (Å²) in [5.41, 5.74) is 4.18. The molecule has 0 saturated carbocycles. The summed E-state index contributed by atoms with van der Waals surface area (Å²) in [6.45, 7) is 4.30. The lowest BCUT2D eigenvalue weighted by atomic mass is 10.1. The number of aromatic nitrogens is 2. The van der Waals surface area contributed by atoms with Crippen molar-refractivity contribution in [3.63, 3.8) is 0 Å². The van der Waals surface area contributed by atoms with Crippen LogP contribution in [0.15, 0.2) is 48.5 Å². The van der Waals surface area contributed by atoms with Crippen LogP contribution in [0.5, 0.6) is 5.75 Å². The molecule has 0 aliphatic rings. The van der Waals surface area contributed by atoms with Crippen LogP contribution in [0.1, 0.15) is 34.2 Å². The second-order valence-electron chi connectivity index (χ2n) is 5.58. The summed E-state index contributed by atoms with van der Waals surface area (Å²) >= 11 is 1.17. The minimum Gasteiger partial charge on any atom is -0.487 e. The molecule has 2 aromatic carbocycles. The Morgan fingerprint density at radius 3 is 2.76 bits per heavy atom. The molecular weight excluding hydrogens is 334 g/mol. The average molecular weight is 353 g/mol. The van der Waals surface area contributed by atoms with Crippen LogP contribution in [0.4, 0.5) is 5.69 Å². The predicted molar refractivity (Wildman–Crippen MR) is 99.2 cm³/mol. The Hall–Kier alpha value is -2.73. The first kappa shape index (κ1) is 17.1. The van der Waals surface area contributed by atoms with Crippen molar-refractivity contribution >= 4 is 23.3 Å². The molecule has 0 fully saturated rings. The fourth-order valence-electron chi connectivity index (χ4n) is 2.40. The van der Waals surface area contributed by atoms with Crippen LogP contribution in [0, 0.1) is 6.92 Å². The average Bonchev–Trinajstić information content (AvgIpc) is 3.05. The van der Waals surface area contributed by atoms with Gasteiger partial charge in [0.25, 0.3) is 5.91 Å². The van der Waals surface area contributed by atoms with E-state index in [1.807, 2.05) is 43.3 Å². The molecule has 1 amide bonds. The quantitative estimate of drug-likeness (QED) is 0.720. The molecule has 3 aromatic rings. The SMILES string of the molecule is CCc1ccccc1NC(=O)c1cccc(OCc2nsnc2C)c1. The first-order valence-corrected chi connectivity index (χ1v) is 8.80. The molecule has 1 heterocycles. The topological polar surface area (TPSA) is 64.1 Å². The van der Waals surface area contributed by atoms with Gasteiger partial charge < -0.3 is 10.1 Å². The fraction of sp³-hybridized carbons (Fsp3) is 0.211. The highest BCUT2D eigenvalue weighted by atomic mass is 32.1. The van der Waals surface area contributed by atoms with Gasteiger partial charge in [0.2, 0.25) is 0 Å². The van der Waals surface area contributed by atoms with E-state index in [0.717, 1.165) is 29.1 Å². The third kappa shape index (κ3) is 4.22. The number of nitrogens with one attached hydrogen (secondary N) is 1. The van der Waals surface area contributed by atoms with Crippen LogP contribution >= 0.6 is 11.7 Å². The molecule has 0 saturated heterocycles. The molecular formula is C19H19N3O2S. The Morgan fingerprint density at radius 2 is 2.00 bits per heavy atom. The van der Waals surface area contributed by atoms with Crippen LogP contribution in [-0.4, -0.2) is 14.7 Å². The summed E-state index contributed by atoms with van der Waals surface area (Å²) in [5, 5.41) is 2.97. The lowest BCUT2D eigenvalue weighted by Gasteiger charge is -2.11. The minimum absolute atomic E-state index is 0.155. The Kier molecular flexibility index (Phi) is 5.40. The molecule has 0 spiro atoms. The summed E-state index contributed by atoms with van der Waals surface area (Å²) in [7, 11) is 0. The van der Waals surface area contributed by atoms with Gasteiger partial charge in [0.05, 0.1) is 17.4 Å². The zero-order valence-electron chi connectivity index (χ0n) is 14.2. The lowest BCUT2D eigenvalue weighted by Crippen LogP contribution is -2.13. The molecule has 0 radical (unpaired) electrons. The number of carbonyl (C=O) groups is 1. The summed E-state index contributed by atoms with van der Waals surface area (Å²) in [4.78, 5) is 12.5. The number of anilines is 1. The van der Waals surface area contributed by atoms with Gasteiger partial charge >= 0.3 is 0 Å². The second-order valence-corrected chi connectivity index (χ2v) is 6.11. The summed E-state index contributed by atoms with van der Waals surface area (Å²) in [6.07, 6.45) is 0.862. The van der Waals surface area contributed by atoms with E-state index in [0.29, 0.717) is 17.9 Å². The zero-order valence-corrected chi connectivity index (χ0v) is 15.0. The zero-order chi connectivity index (χ0) is 17.6. The van der Waals surface area contributed by atoms with E-state index in [1.54, 1.807) is 12.1 Å². The van der Waals surface area contributed by atoms with Gasteiger partial charge in [-0.2, -0.15) is 8.75 Å². The van der Waals surface area contributed by atoms with E-state index >= 15 is 0 Å². The van der Waals surface area contributed by atoms with Crippen LogP contribution in [0.2, 0.25) is 0 Å². The van der Waals surface area contributed by atoms with Crippen molar-refractivity contribution in [2.24, 2.45) is 0 Å². The molecule has 0 atom stereocenters. The van der Waals surface area contributed by atoms with Gasteiger partial charge in [-0.05, 0) is 43.2 Å².